The van der Waals surface area contributed by atoms with Crippen molar-refractivity contribution in [1.29, 1.82) is 0 Å². The Labute approximate surface area is 92.1 Å². The van der Waals surface area contributed by atoms with Gasteiger partial charge in [0.15, 0.2) is 5.15 Å². The molecule has 6 heteroatoms. The average Bonchev–Trinajstić information content (AvgIpc) is 2.74. The van der Waals surface area contributed by atoms with Crippen LogP contribution < -0.4 is 5.32 Å². The van der Waals surface area contributed by atoms with Crippen LogP contribution >= 0.6 is 11.6 Å². The molecule has 0 amide bonds. The molecule has 2 aromatic heterocycles. The second-order valence-corrected chi connectivity index (χ2v) is 3.32. The largest absolute Gasteiger partial charge is 0.367 e. The van der Waals surface area contributed by atoms with Crippen LogP contribution in [0.4, 0.5) is 5.82 Å². The Morgan fingerprint density at radius 1 is 1.33 bits per heavy atom. The third-order valence-electron chi connectivity index (χ3n) is 1.84. The maximum Gasteiger partial charge on any atom is 0.151 e. The summed E-state index contributed by atoms with van der Waals surface area (Å²) in [4.78, 5) is 0. The van der Waals surface area contributed by atoms with Crippen LogP contribution in [0.15, 0.2) is 30.6 Å². The smallest absolute Gasteiger partial charge is 0.151 e. The van der Waals surface area contributed by atoms with E-state index < -0.39 is 0 Å². The van der Waals surface area contributed by atoms with E-state index in [1.54, 1.807) is 18.3 Å². The Balaban J connectivity index is 1.81. The highest BCUT2D eigenvalue weighted by molar-refractivity contribution is 6.29. The molecule has 0 bridgehead atoms. The fourth-order valence-electron chi connectivity index (χ4n) is 1.14. The Kier molecular flexibility index (Phi) is 3.14. The molecular formula is C9H10ClN5. The number of anilines is 1. The minimum atomic E-state index is 0.396. The summed E-state index contributed by atoms with van der Waals surface area (Å²) >= 11 is 5.61. The van der Waals surface area contributed by atoms with Crippen LogP contribution in [0.25, 0.3) is 0 Å². The highest BCUT2D eigenvalue weighted by Gasteiger charge is 1.95. The molecule has 5 nitrogen and oxygen atoms in total. The first kappa shape index (κ1) is 9.92. The topological polar surface area (TPSA) is 55.6 Å². The fourth-order valence-corrected chi connectivity index (χ4v) is 1.24. The number of halogens is 1. The first-order valence-electron chi connectivity index (χ1n) is 4.55. The van der Waals surface area contributed by atoms with Crippen LogP contribution in [0, 0.1) is 0 Å². The summed E-state index contributed by atoms with van der Waals surface area (Å²) in [6, 6.07) is 5.38. The fraction of sp³-hybridized carbons (Fsp3) is 0.222. The van der Waals surface area contributed by atoms with E-state index in [-0.39, 0.29) is 0 Å². The second kappa shape index (κ2) is 4.75. The number of nitrogens with one attached hydrogen (secondary N) is 1. The molecule has 0 saturated heterocycles. The third kappa shape index (κ3) is 2.92. The van der Waals surface area contributed by atoms with E-state index in [9.17, 15) is 0 Å². The van der Waals surface area contributed by atoms with Crippen molar-refractivity contribution in [2.24, 2.45) is 0 Å². The van der Waals surface area contributed by atoms with Gasteiger partial charge in [0.2, 0.25) is 0 Å². The normalized spacial score (nSPS) is 10.2. The van der Waals surface area contributed by atoms with E-state index in [1.165, 1.54) is 0 Å². The Hall–Kier alpha value is -1.62. The average molecular weight is 224 g/mol. The lowest BCUT2D eigenvalue weighted by Crippen LogP contribution is -2.11. The van der Waals surface area contributed by atoms with Crippen LogP contribution in [0.3, 0.4) is 0 Å². The molecule has 1 N–H and O–H groups in total. The minimum absolute atomic E-state index is 0.396. The summed E-state index contributed by atoms with van der Waals surface area (Å²) < 4.78 is 1.84. The van der Waals surface area contributed by atoms with Gasteiger partial charge in [-0.2, -0.15) is 5.10 Å². The van der Waals surface area contributed by atoms with Gasteiger partial charge in [0.05, 0.1) is 6.54 Å². The van der Waals surface area contributed by atoms with Crippen LogP contribution in [-0.4, -0.2) is 26.5 Å². The van der Waals surface area contributed by atoms with Gasteiger partial charge in [-0.05, 0) is 18.2 Å². The summed E-state index contributed by atoms with van der Waals surface area (Å²) in [5, 5.41) is 15.2. The van der Waals surface area contributed by atoms with Crippen LogP contribution in [0.2, 0.25) is 5.15 Å². The summed E-state index contributed by atoms with van der Waals surface area (Å²) in [7, 11) is 0. The Bertz CT molecular complexity index is 397. The van der Waals surface area contributed by atoms with Gasteiger partial charge < -0.3 is 5.32 Å². The highest BCUT2D eigenvalue weighted by Crippen LogP contribution is 2.05. The molecular weight excluding hydrogens is 214 g/mol. The van der Waals surface area contributed by atoms with Crippen molar-refractivity contribution in [3.05, 3.63) is 35.7 Å². The van der Waals surface area contributed by atoms with Gasteiger partial charge in [0, 0.05) is 18.9 Å². The van der Waals surface area contributed by atoms with Gasteiger partial charge in [-0.3, -0.25) is 4.68 Å². The maximum absolute atomic E-state index is 5.61. The first-order chi connectivity index (χ1) is 7.34. The van der Waals surface area contributed by atoms with Crippen LogP contribution in [-0.2, 0) is 6.54 Å². The predicted molar refractivity (Wildman–Crippen MR) is 57.8 cm³/mol. The van der Waals surface area contributed by atoms with Crippen LogP contribution in [0.1, 0.15) is 0 Å². The summed E-state index contributed by atoms with van der Waals surface area (Å²) in [6.07, 6.45) is 3.66. The summed E-state index contributed by atoms with van der Waals surface area (Å²) in [6.45, 7) is 1.54. The monoisotopic (exact) mass is 223 g/mol. The van der Waals surface area contributed by atoms with E-state index >= 15 is 0 Å². The third-order valence-corrected chi connectivity index (χ3v) is 2.04. The van der Waals surface area contributed by atoms with Crippen molar-refractivity contribution in [2.45, 2.75) is 6.54 Å². The molecule has 2 aromatic rings. The number of hydrogen-bond donors (Lipinski definition) is 1. The standard InChI is InChI=1S/C9H10ClN5/c10-8-2-3-9(14-13-8)11-5-7-15-6-1-4-12-15/h1-4,6H,5,7H2,(H,11,14). The lowest BCUT2D eigenvalue weighted by atomic mass is 10.5. The molecule has 0 aliphatic carbocycles. The Morgan fingerprint density at radius 3 is 2.93 bits per heavy atom. The van der Waals surface area contributed by atoms with Crippen molar-refractivity contribution in [3.63, 3.8) is 0 Å². The summed E-state index contributed by atoms with van der Waals surface area (Å²) in [5.41, 5.74) is 0. The molecule has 78 valence electrons. The van der Waals surface area contributed by atoms with Crippen LogP contribution in [0.5, 0.6) is 0 Å². The van der Waals surface area contributed by atoms with Crippen molar-refractivity contribution in [2.75, 3.05) is 11.9 Å². The van der Waals surface area contributed by atoms with E-state index in [1.807, 2.05) is 16.9 Å². The zero-order valence-corrected chi connectivity index (χ0v) is 8.72. The lowest BCUT2D eigenvalue weighted by molar-refractivity contribution is 0.636. The molecule has 0 saturated carbocycles. The molecule has 0 aliphatic rings. The van der Waals surface area contributed by atoms with Gasteiger partial charge in [0.25, 0.3) is 0 Å². The highest BCUT2D eigenvalue weighted by atomic mass is 35.5. The molecule has 0 spiro atoms. The predicted octanol–water partition coefficient (Wildman–Crippen LogP) is 1.44. The quantitative estimate of drug-likeness (QED) is 0.852. The Morgan fingerprint density at radius 2 is 2.27 bits per heavy atom. The van der Waals surface area contributed by atoms with Gasteiger partial charge in [0.1, 0.15) is 5.82 Å². The SMILES string of the molecule is Clc1ccc(NCCn2cccn2)nn1. The lowest BCUT2D eigenvalue weighted by Gasteiger charge is -2.04. The first-order valence-corrected chi connectivity index (χ1v) is 4.93. The zero-order chi connectivity index (χ0) is 10.5. The zero-order valence-electron chi connectivity index (χ0n) is 7.97. The molecule has 2 heterocycles. The molecule has 0 unspecified atom stereocenters. The second-order valence-electron chi connectivity index (χ2n) is 2.94. The number of rotatable bonds is 4. The number of aromatic nitrogens is 4. The maximum atomic E-state index is 5.61. The van der Waals surface area contributed by atoms with E-state index in [4.69, 9.17) is 11.6 Å². The van der Waals surface area contributed by atoms with Gasteiger partial charge >= 0.3 is 0 Å². The van der Waals surface area contributed by atoms with E-state index in [0.29, 0.717) is 11.0 Å². The molecule has 15 heavy (non-hydrogen) atoms. The molecule has 0 aromatic carbocycles. The minimum Gasteiger partial charge on any atom is -0.367 e. The number of nitrogens with zero attached hydrogens (tertiary/aromatic N) is 4. The number of hydrogen-bond acceptors (Lipinski definition) is 4. The van der Waals surface area contributed by atoms with Gasteiger partial charge in [-0.25, -0.2) is 0 Å². The molecule has 0 aliphatic heterocycles. The van der Waals surface area contributed by atoms with E-state index in [2.05, 4.69) is 20.6 Å². The molecule has 0 atom stereocenters. The molecule has 0 radical (unpaired) electrons. The van der Waals surface area contributed by atoms with E-state index in [0.717, 1.165) is 13.1 Å². The molecule has 2 rings (SSSR count). The van der Waals surface area contributed by atoms with Crippen molar-refractivity contribution in [1.82, 2.24) is 20.0 Å². The van der Waals surface area contributed by atoms with Crippen molar-refractivity contribution < 1.29 is 0 Å². The van der Waals surface area contributed by atoms with Gasteiger partial charge in [-0.15, -0.1) is 10.2 Å². The molecule has 0 fully saturated rings. The van der Waals surface area contributed by atoms with Crippen molar-refractivity contribution >= 4 is 17.4 Å². The summed E-state index contributed by atoms with van der Waals surface area (Å²) in [5.74, 6) is 0.714. The van der Waals surface area contributed by atoms with Crippen molar-refractivity contribution in [3.8, 4) is 0 Å². The van der Waals surface area contributed by atoms with Gasteiger partial charge in [-0.1, -0.05) is 11.6 Å².